The quantitative estimate of drug-likeness (QED) is 0.806. The molecule has 0 aliphatic heterocycles. The first-order chi connectivity index (χ1) is 11.5. The van der Waals surface area contributed by atoms with Crippen LogP contribution in [0.25, 0.3) is 0 Å². The molecule has 5 nitrogen and oxygen atoms in total. The second kappa shape index (κ2) is 8.06. The van der Waals surface area contributed by atoms with Crippen LogP contribution < -0.4 is 19.5 Å². The summed E-state index contributed by atoms with van der Waals surface area (Å²) in [6.07, 6.45) is 0. The summed E-state index contributed by atoms with van der Waals surface area (Å²) in [6, 6.07) is 10.9. The fraction of sp³-hybridized carbons (Fsp3) is 0.278. The lowest BCUT2D eigenvalue weighted by molar-refractivity contribution is 0.0936. The number of hydrogen-bond donors (Lipinski definition) is 1. The van der Waals surface area contributed by atoms with Gasteiger partial charge < -0.3 is 19.5 Å². The average Bonchev–Trinajstić information content (AvgIpc) is 2.60. The Balaban J connectivity index is 2.26. The number of halogens is 1. The van der Waals surface area contributed by atoms with E-state index < -0.39 is 0 Å². The van der Waals surface area contributed by atoms with Crippen molar-refractivity contribution in [3.8, 4) is 17.2 Å². The Kier molecular flexibility index (Phi) is 6.09. The topological polar surface area (TPSA) is 56.8 Å². The Morgan fingerprint density at radius 2 is 1.50 bits per heavy atom. The molecule has 0 saturated carbocycles. The Hall–Kier alpha value is -2.21. The molecular formula is C18H20BrNO4. The SMILES string of the molecule is COc1cc(OC)c(C(=O)NC(C)c2ccc(Br)cc2)cc1OC. The second-order valence-corrected chi connectivity index (χ2v) is 6.07. The van der Waals surface area contributed by atoms with Crippen LogP contribution in [0.15, 0.2) is 40.9 Å². The maximum absolute atomic E-state index is 12.6. The molecule has 0 radical (unpaired) electrons. The van der Waals surface area contributed by atoms with E-state index in [1.165, 1.54) is 21.3 Å². The molecule has 0 bridgehead atoms. The van der Waals surface area contributed by atoms with Gasteiger partial charge in [-0.3, -0.25) is 4.79 Å². The lowest BCUT2D eigenvalue weighted by Gasteiger charge is -2.17. The molecule has 2 aromatic rings. The van der Waals surface area contributed by atoms with E-state index >= 15 is 0 Å². The highest BCUT2D eigenvalue weighted by molar-refractivity contribution is 9.10. The van der Waals surface area contributed by atoms with Gasteiger partial charge in [0, 0.05) is 16.6 Å². The largest absolute Gasteiger partial charge is 0.496 e. The smallest absolute Gasteiger partial charge is 0.255 e. The molecule has 2 rings (SSSR count). The number of benzene rings is 2. The maximum Gasteiger partial charge on any atom is 0.255 e. The van der Waals surface area contributed by atoms with Gasteiger partial charge in [0.05, 0.1) is 32.9 Å². The number of carbonyl (C=O) groups excluding carboxylic acids is 1. The van der Waals surface area contributed by atoms with Crippen molar-refractivity contribution in [2.75, 3.05) is 21.3 Å². The van der Waals surface area contributed by atoms with Crippen LogP contribution in [0.3, 0.4) is 0 Å². The van der Waals surface area contributed by atoms with Crippen LogP contribution in [0.4, 0.5) is 0 Å². The van der Waals surface area contributed by atoms with Crippen LogP contribution in [0.5, 0.6) is 17.2 Å². The van der Waals surface area contributed by atoms with Crippen molar-refractivity contribution in [1.82, 2.24) is 5.32 Å². The molecule has 0 fully saturated rings. The van der Waals surface area contributed by atoms with Crippen molar-refractivity contribution in [3.05, 3.63) is 52.0 Å². The molecule has 0 saturated heterocycles. The fourth-order valence-corrected chi connectivity index (χ4v) is 2.58. The van der Waals surface area contributed by atoms with E-state index in [-0.39, 0.29) is 11.9 Å². The Bertz CT molecular complexity index is 716. The molecule has 1 atom stereocenters. The zero-order valence-electron chi connectivity index (χ0n) is 14.1. The van der Waals surface area contributed by atoms with E-state index in [1.54, 1.807) is 12.1 Å². The minimum Gasteiger partial charge on any atom is -0.496 e. The van der Waals surface area contributed by atoms with E-state index in [9.17, 15) is 4.79 Å². The van der Waals surface area contributed by atoms with E-state index in [0.717, 1.165) is 10.0 Å². The molecule has 2 aromatic carbocycles. The predicted molar refractivity (Wildman–Crippen MR) is 96.1 cm³/mol. The lowest BCUT2D eigenvalue weighted by Crippen LogP contribution is -2.27. The van der Waals surface area contributed by atoms with E-state index in [2.05, 4.69) is 21.2 Å². The molecule has 0 heterocycles. The van der Waals surface area contributed by atoms with E-state index in [1.807, 2.05) is 31.2 Å². The normalized spacial score (nSPS) is 11.5. The number of carbonyl (C=O) groups is 1. The highest BCUT2D eigenvalue weighted by atomic mass is 79.9. The average molecular weight is 394 g/mol. The summed E-state index contributed by atoms with van der Waals surface area (Å²) < 4.78 is 16.8. The third-order valence-corrected chi connectivity index (χ3v) is 4.20. The Labute approximate surface area is 150 Å². The van der Waals surface area contributed by atoms with Gasteiger partial charge in [0.1, 0.15) is 5.75 Å². The summed E-state index contributed by atoms with van der Waals surface area (Å²) >= 11 is 3.40. The van der Waals surface area contributed by atoms with Crippen LogP contribution in [0, 0.1) is 0 Å². The second-order valence-electron chi connectivity index (χ2n) is 5.15. The van der Waals surface area contributed by atoms with Crippen molar-refractivity contribution >= 4 is 21.8 Å². The van der Waals surface area contributed by atoms with Crippen LogP contribution in [0.1, 0.15) is 28.9 Å². The van der Waals surface area contributed by atoms with Crippen molar-refractivity contribution in [1.29, 1.82) is 0 Å². The Morgan fingerprint density at radius 1 is 0.958 bits per heavy atom. The third kappa shape index (κ3) is 4.00. The van der Waals surface area contributed by atoms with Gasteiger partial charge in [-0.2, -0.15) is 0 Å². The summed E-state index contributed by atoms with van der Waals surface area (Å²) in [5.74, 6) is 1.16. The highest BCUT2D eigenvalue weighted by Gasteiger charge is 2.19. The van der Waals surface area contributed by atoms with Crippen LogP contribution >= 0.6 is 15.9 Å². The standard InChI is InChI=1S/C18H20BrNO4/c1-11(12-5-7-13(19)8-6-12)20-18(21)14-9-16(23-3)17(24-4)10-15(14)22-2/h5-11H,1-4H3,(H,20,21). The van der Waals surface area contributed by atoms with Crippen molar-refractivity contribution < 1.29 is 19.0 Å². The monoisotopic (exact) mass is 393 g/mol. The van der Waals surface area contributed by atoms with Gasteiger partial charge in [-0.1, -0.05) is 28.1 Å². The lowest BCUT2D eigenvalue weighted by atomic mass is 10.1. The predicted octanol–water partition coefficient (Wildman–Crippen LogP) is 3.97. The van der Waals surface area contributed by atoms with Gasteiger partial charge in [-0.25, -0.2) is 0 Å². The van der Waals surface area contributed by atoms with Crippen LogP contribution in [-0.2, 0) is 0 Å². The van der Waals surface area contributed by atoms with Gasteiger partial charge in [-0.05, 0) is 24.6 Å². The zero-order chi connectivity index (χ0) is 17.7. The summed E-state index contributed by atoms with van der Waals surface area (Å²) in [7, 11) is 4.57. The number of nitrogens with one attached hydrogen (secondary N) is 1. The number of amides is 1. The zero-order valence-corrected chi connectivity index (χ0v) is 15.6. The fourth-order valence-electron chi connectivity index (χ4n) is 2.32. The number of hydrogen-bond acceptors (Lipinski definition) is 4. The molecule has 1 amide bonds. The number of methoxy groups -OCH3 is 3. The molecule has 1 unspecified atom stereocenters. The summed E-state index contributed by atoms with van der Waals surface area (Å²) in [6.45, 7) is 1.92. The van der Waals surface area contributed by atoms with Crippen molar-refractivity contribution in [3.63, 3.8) is 0 Å². The van der Waals surface area contributed by atoms with Gasteiger partial charge in [0.2, 0.25) is 0 Å². The molecule has 0 aromatic heterocycles. The number of rotatable bonds is 6. The molecule has 0 aliphatic rings. The molecule has 6 heteroatoms. The van der Waals surface area contributed by atoms with Crippen molar-refractivity contribution in [2.24, 2.45) is 0 Å². The number of ether oxygens (including phenoxy) is 3. The third-order valence-electron chi connectivity index (χ3n) is 3.67. The van der Waals surface area contributed by atoms with Crippen LogP contribution in [-0.4, -0.2) is 27.2 Å². The first-order valence-electron chi connectivity index (χ1n) is 7.36. The van der Waals surface area contributed by atoms with E-state index in [0.29, 0.717) is 22.8 Å². The first kappa shape index (κ1) is 18.1. The maximum atomic E-state index is 12.6. The minimum atomic E-state index is -0.247. The van der Waals surface area contributed by atoms with Crippen LogP contribution in [0.2, 0.25) is 0 Å². The molecule has 0 spiro atoms. The van der Waals surface area contributed by atoms with Gasteiger partial charge in [0.25, 0.3) is 5.91 Å². The minimum absolute atomic E-state index is 0.150. The molecule has 0 aliphatic carbocycles. The van der Waals surface area contributed by atoms with E-state index in [4.69, 9.17) is 14.2 Å². The summed E-state index contributed by atoms with van der Waals surface area (Å²) in [5.41, 5.74) is 1.39. The highest BCUT2D eigenvalue weighted by Crippen LogP contribution is 2.34. The van der Waals surface area contributed by atoms with Gasteiger partial charge in [-0.15, -0.1) is 0 Å². The molecule has 1 N–H and O–H groups in total. The first-order valence-corrected chi connectivity index (χ1v) is 8.15. The molecule has 128 valence electrons. The van der Waals surface area contributed by atoms with Gasteiger partial charge in [0.15, 0.2) is 11.5 Å². The van der Waals surface area contributed by atoms with Gasteiger partial charge >= 0.3 is 0 Å². The molecule has 24 heavy (non-hydrogen) atoms. The Morgan fingerprint density at radius 3 is 2.04 bits per heavy atom. The summed E-state index contributed by atoms with van der Waals surface area (Å²) in [4.78, 5) is 12.6. The molecular weight excluding hydrogens is 374 g/mol. The summed E-state index contributed by atoms with van der Waals surface area (Å²) in [5, 5.41) is 2.96. The van der Waals surface area contributed by atoms with Crippen molar-refractivity contribution in [2.45, 2.75) is 13.0 Å².